The van der Waals surface area contributed by atoms with Crippen LogP contribution in [-0.2, 0) is 6.42 Å². The van der Waals surface area contributed by atoms with Crippen LogP contribution in [0.5, 0.6) is 0 Å². The lowest BCUT2D eigenvalue weighted by Crippen LogP contribution is -2.12. The van der Waals surface area contributed by atoms with Gasteiger partial charge in [-0.3, -0.25) is 9.89 Å². The lowest BCUT2D eigenvalue weighted by molar-refractivity contribution is 0.102. The Bertz CT molecular complexity index is 489. The number of carbonyl (C=O) groups is 1. The smallest absolute Gasteiger partial charge is 0.275 e. The molecular formula is C11H14N4OS. The topological polar surface area (TPSA) is 70.7 Å². The first-order valence-corrected chi connectivity index (χ1v) is 6.27. The van der Waals surface area contributed by atoms with Crippen LogP contribution in [0.25, 0.3) is 0 Å². The van der Waals surface area contributed by atoms with Gasteiger partial charge in [0.2, 0.25) is 0 Å². The minimum Gasteiger partial charge on any atom is -0.318 e. The maximum absolute atomic E-state index is 11.8. The zero-order chi connectivity index (χ0) is 12.3. The molecule has 0 atom stereocenters. The molecule has 0 aliphatic rings. The van der Waals surface area contributed by atoms with Gasteiger partial charge in [-0.2, -0.15) is 5.10 Å². The van der Waals surface area contributed by atoms with E-state index in [0.717, 1.165) is 11.4 Å². The molecule has 2 N–H and O–H groups in total. The van der Waals surface area contributed by atoms with E-state index in [1.165, 1.54) is 11.3 Å². The van der Waals surface area contributed by atoms with Crippen molar-refractivity contribution < 1.29 is 4.79 Å². The van der Waals surface area contributed by atoms with Crippen LogP contribution < -0.4 is 5.32 Å². The Hall–Kier alpha value is -1.69. The van der Waals surface area contributed by atoms with Crippen LogP contribution in [-0.4, -0.2) is 21.1 Å². The van der Waals surface area contributed by atoms with Crippen molar-refractivity contribution in [2.75, 3.05) is 5.32 Å². The Kier molecular flexibility index (Phi) is 3.53. The number of H-pyrrole nitrogens is 1. The van der Waals surface area contributed by atoms with Crippen LogP contribution in [0, 0.1) is 5.92 Å². The average Bonchev–Trinajstić information content (AvgIpc) is 2.87. The van der Waals surface area contributed by atoms with Gasteiger partial charge in [0.25, 0.3) is 5.91 Å². The molecule has 0 unspecified atom stereocenters. The molecule has 2 heterocycles. The minimum atomic E-state index is -0.197. The molecule has 0 spiro atoms. The fraction of sp³-hybridized carbons (Fsp3) is 0.364. The Morgan fingerprint density at radius 2 is 2.41 bits per heavy atom. The Balaban J connectivity index is 2.02. The zero-order valence-corrected chi connectivity index (χ0v) is 10.5. The highest BCUT2D eigenvalue weighted by Gasteiger charge is 2.11. The third-order valence-electron chi connectivity index (χ3n) is 2.12. The Labute approximate surface area is 103 Å². The predicted octanol–water partition coefficient (Wildman–Crippen LogP) is 2.32. The van der Waals surface area contributed by atoms with E-state index in [1.54, 1.807) is 17.8 Å². The fourth-order valence-electron chi connectivity index (χ4n) is 1.37. The molecular weight excluding hydrogens is 236 g/mol. The highest BCUT2D eigenvalue weighted by atomic mass is 32.1. The highest BCUT2D eigenvalue weighted by molar-refractivity contribution is 7.09. The van der Waals surface area contributed by atoms with Gasteiger partial charge in [-0.05, 0) is 5.92 Å². The second kappa shape index (κ2) is 5.09. The molecule has 2 rings (SSSR count). The molecule has 90 valence electrons. The third kappa shape index (κ3) is 3.13. The molecule has 0 aliphatic carbocycles. The lowest BCUT2D eigenvalue weighted by atomic mass is 10.1. The summed E-state index contributed by atoms with van der Waals surface area (Å²) in [6.45, 7) is 4.26. The lowest BCUT2D eigenvalue weighted by Gasteiger charge is -1.99. The first-order valence-electron chi connectivity index (χ1n) is 5.39. The third-order valence-corrected chi connectivity index (χ3v) is 2.99. The molecule has 6 heteroatoms. The molecule has 0 aliphatic heterocycles. The molecule has 0 radical (unpaired) electrons. The van der Waals surface area contributed by atoms with Gasteiger partial charge >= 0.3 is 0 Å². The number of aromatic amines is 1. The monoisotopic (exact) mass is 250 g/mol. The van der Waals surface area contributed by atoms with Gasteiger partial charge < -0.3 is 5.32 Å². The summed E-state index contributed by atoms with van der Waals surface area (Å²) in [7, 11) is 0. The number of aromatic nitrogens is 3. The summed E-state index contributed by atoms with van der Waals surface area (Å²) in [6.07, 6.45) is 4.09. The van der Waals surface area contributed by atoms with Crippen molar-refractivity contribution in [2.45, 2.75) is 20.3 Å². The number of thiazole rings is 1. The van der Waals surface area contributed by atoms with Gasteiger partial charge in [-0.1, -0.05) is 13.8 Å². The summed E-state index contributed by atoms with van der Waals surface area (Å²) in [5.74, 6) is 0.351. The quantitative estimate of drug-likeness (QED) is 0.874. The predicted molar refractivity (Wildman–Crippen MR) is 67.2 cm³/mol. The summed E-state index contributed by atoms with van der Waals surface area (Å²) in [6, 6.07) is 0. The minimum absolute atomic E-state index is 0.197. The van der Waals surface area contributed by atoms with Crippen LogP contribution in [0.4, 0.5) is 5.69 Å². The molecule has 5 nitrogen and oxygen atoms in total. The maximum Gasteiger partial charge on any atom is 0.275 e. The Morgan fingerprint density at radius 1 is 1.59 bits per heavy atom. The number of nitrogens with zero attached hydrogens (tertiary/aromatic N) is 2. The van der Waals surface area contributed by atoms with Gasteiger partial charge in [-0.15, -0.1) is 11.3 Å². The molecule has 2 aromatic rings. The van der Waals surface area contributed by atoms with E-state index in [0.29, 0.717) is 17.3 Å². The summed E-state index contributed by atoms with van der Waals surface area (Å²) in [5, 5.41) is 11.9. The molecule has 2 aromatic heterocycles. The molecule has 0 aromatic carbocycles. The van der Waals surface area contributed by atoms with Crippen molar-refractivity contribution in [1.82, 2.24) is 15.2 Å². The van der Waals surface area contributed by atoms with Crippen molar-refractivity contribution in [1.29, 1.82) is 0 Å². The fourth-order valence-corrected chi connectivity index (χ4v) is 2.36. The SMILES string of the molecule is CC(C)Cc1nc(C(=O)Nc2cn[nH]c2)cs1. The van der Waals surface area contributed by atoms with E-state index < -0.39 is 0 Å². The Morgan fingerprint density at radius 3 is 3.06 bits per heavy atom. The number of anilines is 1. The number of rotatable bonds is 4. The van der Waals surface area contributed by atoms with E-state index >= 15 is 0 Å². The summed E-state index contributed by atoms with van der Waals surface area (Å²) >= 11 is 1.52. The molecule has 1 amide bonds. The zero-order valence-electron chi connectivity index (χ0n) is 9.73. The number of carbonyl (C=O) groups excluding carboxylic acids is 1. The number of hydrogen-bond donors (Lipinski definition) is 2. The highest BCUT2D eigenvalue weighted by Crippen LogP contribution is 2.15. The molecule has 0 fully saturated rings. The second-order valence-corrected chi connectivity index (χ2v) is 5.11. The van der Waals surface area contributed by atoms with Gasteiger partial charge in [-0.25, -0.2) is 4.98 Å². The van der Waals surface area contributed by atoms with Gasteiger partial charge in [0.05, 0.1) is 16.9 Å². The second-order valence-electron chi connectivity index (χ2n) is 4.17. The largest absolute Gasteiger partial charge is 0.318 e. The number of hydrogen-bond acceptors (Lipinski definition) is 4. The van der Waals surface area contributed by atoms with Crippen LogP contribution in [0.3, 0.4) is 0 Å². The molecule has 0 bridgehead atoms. The first-order chi connectivity index (χ1) is 8.15. The van der Waals surface area contributed by atoms with Crippen LogP contribution in [0.2, 0.25) is 0 Å². The number of amides is 1. The number of nitrogens with one attached hydrogen (secondary N) is 2. The standard InChI is InChI=1S/C11H14N4OS/c1-7(2)3-10-15-9(6-17-10)11(16)14-8-4-12-13-5-8/h4-7H,3H2,1-2H3,(H,12,13)(H,14,16). The molecule has 17 heavy (non-hydrogen) atoms. The van der Waals surface area contributed by atoms with Crippen molar-refractivity contribution in [3.05, 3.63) is 28.5 Å². The van der Waals surface area contributed by atoms with Crippen molar-refractivity contribution >= 4 is 22.9 Å². The van der Waals surface area contributed by atoms with Crippen molar-refractivity contribution in [3.8, 4) is 0 Å². The van der Waals surface area contributed by atoms with E-state index in [4.69, 9.17) is 0 Å². The summed E-state index contributed by atoms with van der Waals surface area (Å²) in [5.41, 5.74) is 1.11. The summed E-state index contributed by atoms with van der Waals surface area (Å²) in [4.78, 5) is 16.1. The first kappa shape index (κ1) is 11.8. The maximum atomic E-state index is 11.8. The van der Waals surface area contributed by atoms with Crippen molar-refractivity contribution in [3.63, 3.8) is 0 Å². The molecule has 0 saturated heterocycles. The van der Waals surface area contributed by atoms with Gasteiger partial charge in [0, 0.05) is 18.0 Å². The molecule has 0 saturated carbocycles. The summed E-state index contributed by atoms with van der Waals surface area (Å²) < 4.78 is 0. The normalized spacial score (nSPS) is 10.8. The van der Waals surface area contributed by atoms with E-state index in [9.17, 15) is 4.79 Å². The van der Waals surface area contributed by atoms with E-state index in [-0.39, 0.29) is 5.91 Å². The van der Waals surface area contributed by atoms with E-state index in [2.05, 4.69) is 34.3 Å². The van der Waals surface area contributed by atoms with Gasteiger partial charge in [0.1, 0.15) is 5.69 Å². The van der Waals surface area contributed by atoms with E-state index in [1.807, 2.05) is 0 Å². The average molecular weight is 250 g/mol. The van der Waals surface area contributed by atoms with Crippen LogP contribution in [0.1, 0.15) is 29.3 Å². The van der Waals surface area contributed by atoms with Crippen LogP contribution >= 0.6 is 11.3 Å². The van der Waals surface area contributed by atoms with Crippen LogP contribution in [0.15, 0.2) is 17.8 Å². The van der Waals surface area contributed by atoms with Crippen molar-refractivity contribution in [2.24, 2.45) is 5.92 Å². The van der Waals surface area contributed by atoms with Gasteiger partial charge in [0.15, 0.2) is 0 Å².